The van der Waals surface area contributed by atoms with Gasteiger partial charge in [-0.2, -0.15) is 0 Å². The molecule has 0 atom stereocenters. The predicted octanol–water partition coefficient (Wildman–Crippen LogP) is 1.98. The number of carbonyl (C=O) groups excluding carboxylic acids is 1. The maximum absolute atomic E-state index is 12.2. The van der Waals surface area contributed by atoms with Gasteiger partial charge in [-0.15, -0.1) is 11.3 Å². The second-order valence-electron chi connectivity index (χ2n) is 5.38. The summed E-state index contributed by atoms with van der Waals surface area (Å²) in [5, 5.41) is 11.7. The largest absolute Gasteiger partial charge is 0.478 e. The SMILES string of the molecule is Cc1cc(C(=O)NC2CCN(C)CC2)sc1/C=C/C(=O)O. The van der Waals surface area contributed by atoms with Crippen molar-refractivity contribution in [1.82, 2.24) is 10.2 Å². The van der Waals surface area contributed by atoms with Gasteiger partial charge in [0, 0.05) is 17.0 Å². The minimum Gasteiger partial charge on any atom is -0.478 e. The maximum atomic E-state index is 12.2. The molecule has 1 aromatic rings. The first kappa shape index (κ1) is 15.7. The van der Waals surface area contributed by atoms with Gasteiger partial charge in [-0.1, -0.05) is 0 Å². The lowest BCUT2D eigenvalue weighted by molar-refractivity contribution is -0.131. The van der Waals surface area contributed by atoms with E-state index >= 15 is 0 Å². The standard InChI is InChI=1S/C15H20N2O3S/c1-10-9-13(21-12(10)3-4-14(18)19)15(20)16-11-5-7-17(2)8-6-11/h3-4,9,11H,5-8H2,1-2H3,(H,16,20)(H,18,19)/b4-3+. The first-order valence-corrected chi connectivity index (χ1v) is 7.78. The number of carbonyl (C=O) groups is 2. The molecule has 1 fully saturated rings. The van der Waals surface area contributed by atoms with Gasteiger partial charge >= 0.3 is 5.97 Å². The average Bonchev–Trinajstić information content (AvgIpc) is 2.80. The average molecular weight is 308 g/mol. The Labute approximate surface area is 128 Å². The molecule has 2 heterocycles. The monoisotopic (exact) mass is 308 g/mol. The number of nitrogens with one attached hydrogen (secondary N) is 1. The van der Waals surface area contributed by atoms with Crippen molar-refractivity contribution in [3.8, 4) is 0 Å². The van der Waals surface area contributed by atoms with Gasteiger partial charge in [-0.25, -0.2) is 4.79 Å². The summed E-state index contributed by atoms with van der Waals surface area (Å²) in [6.07, 6.45) is 4.57. The summed E-state index contributed by atoms with van der Waals surface area (Å²) in [4.78, 5) is 26.5. The van der Waals surface area contributed by atoms with E-state index in [1.54, 1.807) is 0 Å². The number of nitrogens with zero attached hydrogens (tertiary/aromatic N) is 1. The van der Waals surface area contributed by atoms with E-state index in [-0.39, 0.29) is 11.9 Å². The topological polar surface area (TPSA) is 69.6 Å². The van der Waals surface area contributed by atoms with E-state index in [1.165, 1.54) is 17.4 Å². The van der Waals surface area contributed by atoms with Crippen LogP contribution in [0.25, 0.3) is 6.08 Å². The molecule has 0 unspecified atom stereocenters. The van der Waals surface area contributed by atoms with Crippen LogP contribution in [0.15, 0.2) is 12.1 Å². The number of aliphatic carboxylic acids is 1. The van der Waals surface area contributed by atoms with Crippen molar-refractivity contribution < 1.29 is 14.7 Å². The smallest absolute Gasteiger partial charge is 0.328 e. The summed E-state index contributed by atoms with van der Waals surface area (Å²) in [5.74, 6) is -1.05. The molecule has 0 radical (unpaired) electrons. The molecule has 1 aromatic heterocycles. The number of amides is 1. The van der Waals surface area contributed by atoms with Crippen molar-refractivity contribution in [3.05, 3.63) is 27.5 Å². The summed E-state index contributed by atoms with van der Waals surface area (Å²) in [6.45, 7) is 3.88. The van der Waals surface area contributed by atoms with Crippen LogP contribution in [0.4, 0.5) is 0 Å². The highest BCUT2D eigenvalue weighted by molar-refractivity contribution is 7.15. The third-order valence-corrected chi connectivity index (χ3v) is 4.81. The molecule has 0 aliphatic carbocycles. The number of hydrogen-bond acceptors (Lipinski definition) is 4. The molecule has 0 saturated carbocycles. The summed E-state index contributed by atoms with van der Waals surface area (Å²) in [5.41, 5.74) is 0.922. The zero-order chi connectivity index (χ0) is 15.4. The highest BCUT2D eigenvalue weighted by Gasteiger charge is 2.20. The molecule has 6 heteroatoms. The van der Waals surface area contributed by atoms with Gasteiger partial charge in [-0.05, 0) is 57.6 Å². The Kier molecular flexibility index (Phi) is 5.14. The molecule has 1 aliphatic heterocycles. The zero-order valence-electron chi connectivity index (χ0n) is 12.3. The van der Waals surface area contributed by atoms with Crippen LogP contribution < -0.4 is 5.32 Å². The lowest BCUT2D eigenvalue weighted by Gasteiger charge is -2.29. The maximum Gasteiger partial charge on any atom is 0.328 e. The third-order valence-electron chi connectivity index (χ3n) is 3.61. The number of hydrogen-bond donors (Lipinski definition) is 2. The molecule has 0 aromatic carbocycles. The third kappa shape index (κ3) is 4.41. The minimum absolute atomic E-state index is 0.0624. The van der Waals surface area contributed by atoms with E-state index in [2.05, 4.69) is 17.3 Å². The van der Waals surface area contributed by atoms with Gasteiger partial charge in [0.2, 0.25) is 0 Å². The highest BCUT2D eigenvalue weighted by atomic mass is 32.1. The molecule has 114 valence electrons. The first-order chi connectivity index (χ1) is 9.95. The molecular formula is C15H20N2O3S. The molecule has 1 aliphatic rings. The van der Waals surface area contributed by atoms with Crippen LogP contribution in [0, 0.1) is 6.92 Å². The minimum atomic E-state index is -0.986. The van der Waals surface area contributed by atoms with Gasteiger partial charge in [0.05, 0.1) is 4.88 Å². The Hall–Kier alpha value is -1.66. The van der Waals surface area contributed by atoms with E-state index in [4.69, 9.17) is 5.11 Å². The Morgan fingerprint density at radius 2 is 2.10 bits per heavy atom. The van der Waals surface area contributed by atoms with Crippen LogP contribution in [-0.2, 0) is 4.79 Å². The second kappa shape index (κ2) is 6.87. The Morgan fingerprint density at radius 3 is 2.71 bits per heavy atom. The van der Waals surface area contributed by atoms with Crippen molar-refractivity contribution in [2.24, 2.45) is 0 Å². The Balaban J connectivity index is 1.99. The fourth-order valence-electron chi connectivity index (χ4n) is 2.33. The van der Waals surface area contributed by atoms with Gasteiger partial charge in [0.1, 0.15) is 0 Å². The Morgan fingerprint density at radius 1 is 1.43 bits per heavy atom. The lowest BCUT2D eigenvalue weighted by atomic mass is 10.1. The number of aryl methyl sites for hydroxylation is 1. The summed E-state index contributed by atoms with van der Waals surface area (Å²) >= 11 is 1.33. The van der Waals surface area contributed by atoms with Crippen LogP contribution in [0.5, 0.6) is 0 Å². The number of rotatable bonds is 4. The van der Waals surface area contributed by atoms with E-state index in [9.17, 15) is 9.59 Å². The quantitative estimate of drug-likeness (QED) is 0.835. The number of piperidine rings is 1. The number of likely N-dealkylation sites (tertiary alicyclic amines) is 1. The van der Waals surface area contributed by atoms with Crippen molar-refractivity contribution in [1.29, 1.82) is 0 Å². The summed E-state index contributed by atoms with van der Waals surface area (Å²) < 4.78 is 0. The number of carboxylic acid groups (broad SMARTS) is 1. The molecule has 5 nitrogen and oxygen atoms in total. The van der Waals surface area contributed by atoms with Gasteiger partial charge in [0.25, 0.3) is 5.91 Å². The van der Waals surface area contributed by atoms with E-state index < -0.39 is 5.97 Å². The first-order valence-electron chi connectivity index (χ1n) is 6.96. The van der Waals surface area contributed by atoms with E-state index in [0.29, 0.717) is 4.88 Å². The lowest BCUT2D eigenvalue weighted by Crippen LogP contribution is -2.43. The molecular weight excluding hydrogens is 288 g/mol. The van der Waals surface area contributed by atoms with Crippen molar-refractivity contribution >= 4 is 29.3 Å². The van der Waals surface area contributed by atoms with Gasteiger partial charge < -0.3 is 15.3 Å². The molecule has 2 N–H and O–H groups in total. The van der Waals surface area contributed by atoms with Gasteiger partial charge in [-0.3, -0.25) is 4.79 Å². The normalized spacial score (nSPS) is 17.2. The zero-order valence-corrected chi connectivity index (χ0v) is 13.1. The summed E-state index contributed by atoms with van der Waals surface area (Å²) in [6, 6.07) is 2.05. The molecule has 0 bridgehead atoms. The fourth-order valence-corrected chi connectivity index (χ4v) is 3.31. The van der Waals surface area contributed by atoms with Crippen LogP contribution in [0.1, 0.15) is 33.0 Å². The fraction of sp³-hybridized carbons (Fsp3) is 0.467. The van der Waals surface area contributed by atoms with Crippen LogP contribution in [0.3, 0.4) is 0 Å². The molecule has 1 amide bonds. The molecule has 2 rings (SSSR count). The highest BCUT2D eigenvalue weighted by Crippen LogP contribution is 2.23. The predicted molar refractivity (Wildman–Crippen MR) is 83.7 cm³/mol. The van der Waals surface area contributed by atoms with Crippen LogP contribution in [-0.4, -0.2) is 48.1 Å². The second-order valence-corrected chi connectivity index (χ2v) is 6.46. The van der Waals surface area contributed by atoms with Gasteiger partial charge in [0.15, 0.2) is 0 Å². The summed E-state index contributed by atoms with van der Waals surface area (Å²) in [7, 11) is 2.09. The number of thiophene rings is 1. The van der Waals surface area contributed by atoms with Crippen molar-refractivity contribution in [2.45, 2.75) is 25.8 Å². The van der Waals surface area contributed by atoms with Crippen LogP contribution >= 0.6 is 11.3 Å². The molecule has 0 spiro atoms. The molecule has 1 saturated heterocycles. The van der Waals surface area contributed by atoms with Crippen LogP contribution in [0.2, 0.25) is 0 Å². The van der Waals surface area contributed by atoms with Crippen molar-refractivity contribution in [3.63, 3.8) is 0 Å². The van der Waals surface area contributed by atoms with Crippen molar-refractivity contribution in [2.75, 3.05) is 20.1 Å². The number of carboxylic acids is 1. The molecule has 21 heavy (non-hydrogen) atoms. The van der Waals surface area contributed by atoms with E-state index in [1.807, 2.05) is 13.0 Å². The Bertz CT molecular complexity index is 557. The van der Waals surface area contributed by atoms with E-state index in [0.717, 1.165) is 42.4 Å².